The minimum absolute atomic E-state index is 0.191. The van der Waals surface area contributed by atoms with Crippen LogP contribution in [-0.4, -0.2) is 16.1 Å². The first-order valence-corrected chi connectivity index (χ1v) is 8.54. The predicted molar refractivity (Wildman–Crippen MR) is 98.7 cm³/mol. The van der Waals surface area contributed by atoms with E-state index in [1.807, 2.05) is 73.7 Å². The summed E-state index contributed by atoms with van der Waals surface area (Å²) in [7, 11) is 0. The van der Waals surface area contributed by atoms with Crippen molar-refractivity contribution in [3.05, 3.63) is 76.8 Å². The van der Waals surface area contributed by atoms with Crippen LogP contribution >= 0.6 is 11.3 Å². The Morgan fingerprint density at radius 3 is 2.33 bits per heavy atom. The molecule has 1 aromatic heterocycles. The Kier molecular flexibility index (Phi) is 5.13. The van der Waals surface area contributed by atoms with Gasteiger partial charge in [-0.15, -0.1) is 10.2 Å². The molecule has 0 saturated heterocycles. The zero-order valence-corrected chi connectivity index (χ0v) is 14.1. The van der Waals surface area contributed by atoms with Crippen molar-refractivity contribution in [2.24, 2.45) is 0 Å². The van der Waals surface area contributed by atoms with Gasteiger partial charge in [-0.05, 0) is 23.6 Å². The topological polar surface area (TPSA) is 54.9 Å². The first-order valence-electron chi connectivity index (χ1n) is 7.72. The van der Waals surface area contributed by atoms with Gasteiger partial charge in [-0.2, -0.15) is 0 Å². The fraction of sp³-hybridized carbons (Fsp3) is 0.105. The SMILES string of the molecule is CCc1nnc(NC(=O)C(=Cc2ccccc2)c2ccccc2)s1. The maximum Gasteiger partial charge on any atom is 0.258 e. The van der Waals surface area contributed by atoms with Gasteiger partial charge in [0, 0.05) is 5.57 Å². The maximum absolute atomic E-state index is 12.8. The number of aromatic nitrogens is 2. The van der Waals surface area contributed by atoms with E-state index in [0.717, 1.165) is 22.6 Å². The average Bonchev–Trinajstić information content (AvgIpc) is 3.09. The van der Waals surface area contributed by atoms with E-state index in [1.54, 1.807) is 0 Å². The van der Waals surface area contributed by atoms with Gasteiger partial charge in [0.25, 0.3) is 5.91 Å². The number of benzene rings is 2. The molecule has 24 heavy (non-hydrogen) atoms. The number of aryl methyl sites for hydroxylation is 1. The Bertz CT molecular complexity index is 841. The summed E-state index contributed by atoms with van der Waals surface area (Å²) in [5.74, 6) is -0.191. The molecular formula is C19H17N3OS. The third-order valence-corrected chi connectivity index (χ3v) is 4.41. The van der Waals surface area contributed by atoms with E-state index in [9.17, 15) is 4.79 Å². The van der Waals surface area contributed by atoms with Gasteiger partial charge in [-0.1, -0.05) is 78.9 Å². The molecule has 0 atom stereocenters. The molecule has 0 saturated carbocycles. The molecule has 3 aromatic rings. The highest BCUT2D eigenvalue weighted by atomic mass is 32.1. The molecule has 0 aliphatic carbocycles. The van der Waals surface area contributed by atoms with Gasteiger partial charge < -0.3 is 0 Å². The summed E-state index contributed by atoms with van der Waals surface area (Å²) in [6, 6.07) is 19.4. The molecule has 1 N–H and O–H groups in total. The lowest BCUT2D eigenvalue weighted by Crippen LogP contribution is -2.13. The highest BCUT2D eigenvalue weighted by Crippen LogP contribution is 2.22. The van der Waals surface area contributed by atoms with Gasteiger partial charge in [0.15, 0.2) is 0 Å². The second kappa shape index (κ2) is 7.66. The second-order valence-electron chi connectivity index (χ2n) is 5.14. The van der Waals surface area contributed by atoms with Crippen molar-refractivity contribution in [3.8, 4) is 0 Å². The smallest absolute Gasteiger partial charge is 0.258 e. The van der Waals surface area contributed by atoms with Crippen LogP contribution in [0.4, 0.5) is 5.13 Å². The summed E-state index contributed by atoms with van der Waals surface area (Å²) in [5, 5.41) is 12.3. The van der Waals surface area contributed by atoms with E-state index in [1.165, 1.54) is 11.3 Å². The Labute approximate surface area is 144 Å². The summed E-state index contributed by atoms with van der Waals surface area (Å²) < 4.78 is 0. The quantitative estimate of drug-likeness (QED) is 0.559. The van der Waals surface area contributed by atoms with Crippen LogP contribution in [0.3, 0.4) is 0 Å². The average molecular weight is 335 g/mol. The van der Waals surface area contributed by atoms with Crippen LogP contribution in [0.15, 0.2) is 60.7 Å². The molecule has 3 rings (SSSR count). The van der Waals surface area contributed by atoms with Crippen molar-refractivity contribution in [2.45, 2.75) is 13.3 Å². The monoisotopic (exact) mass is 335 g/mol. The molecule has 0 spiro atoms. The molecule has 0 unspecified atom stereocenters. The lowest BCUT2D eigenvalue weighted by atomic mass is 10.0. The van der Waals surface area contributed by atoms with Gasteiger partial charge in [-0.25, -0.2) is 0 Å². The van der Waals surface area contributed by atoms with Crippen molar-refractivity contribution < 1.29 is 4.79 Å². The molecule has 5 heteroatoms. The fourth-order valence-electron chi connectivity index (χ4n) is 2.23. The highest BCUT2D eigenvalue weighted by Gasteiger charge is 2.14. The summed E-state index contributed by atoms with van der Waals surface area (Å²) in [5.41, 5.74) is 2.42. The van der Waals surface area contributed by atoms with E-state index in [2.05, 4.69) is 15.5 Å². The molecule has 0 aliphatic rings. The minimum Gasteiger partial charge on any atom is -0.296 e. The van der Waals surface area contributed by atoms with Gasteiger partial charge >= 0.3 is 0 Å². The second-order valence-corrected chi connectivity index (χ2v) is 6.21. The van der Waals surface area contributed by atoms with Crippen LogP contribution in [-0.2, 0) is 11.2 Å². The minimum atomic E-state index is -0.191. The van der Waals surface area contributed by atoms with Crippen molar-refractivity contribution in [2.75, 3.05) is 5.32 Å². The van der Waals surface area contributed by atoms with E-state index in [-0.39, 0.29) is 5.91 Å². The zero-order valence-electron chi connectivity index (χ0n) is 13.3. The molecule has 4 nitrogen and oxygen atoms in total. The molecule has 0 radical (unpaired) electrons. The van der Waals surface area contributed by atoms with Gasteiger partial charge in [0.1, 0.15) is 5.01 Å². The van der Waals surface area contributed by atoms with E-state index < -0.39 is 0 Å². The van der Waals surface area contributed by atoms with E-state index in [0.29, 0.717) is 10.7 Å². The molecule has 0 fully saturated rings. The standard InChI is InChI=1S/C19H17N3OS/c1-2-17-21-22-19(24-17)20-18(23)16(15-11-7-4-8-12-15)13-14-9-5-3-6-10-14/h3-13H,2H2,1H3,(H,20,22,23). The number of carbonyl (C=O) groups excluding carboxylic acids is 1. The van der Waals surface area contributed by atoms with Crippen molar-refractivity contribution in [3.63, 3.8) is 0 Å². The van der Waals surface area contributed by atoms with Crippen molar-refractivity contribution in [1.82, 2.24) is 10.2 Å². The fourth-order valence-corrected chi connectivity index (χ4v) is 2.90. The summed E-state index contributed by atoms with van der Waals surface area (Å²) in [4.78, 5) is 12.8. The molecule has 1 heterocycles. The number of nitrogens with one attached hydrogen (secondary N) is 1. The van der Waals surface area contributed by atoms with E-state index in [4.69, 9.17) is 0 Å². The lowest BCUT2D eigenvalue weighted by Gasteiger charge is -2.07. The van der Waals surface area contributed by atoms with Gasteiger partial charge in [0.05, 0.1) is 0 Å². The Hall–Kier alpha value is -2.79. The summed E-state index contributed by atoms with van der Waals surface area (Å²) in [6.45, 7) is 2.01. The Morgan fingerprint density at radius 2 is 1.71 bits per heavy atom. The van der Waals surface area contributed by atoms with Crippen molar-refractivity contribution in [1.29, 1.82) is 0 Å². The number of hydrogen-bond acceptors (Lipinski definition) is 4. The molecular weight excluding hydrogens is 318 g/mol. The summed E-state index contributed by atoms with van der Waals surface area (Å²) >= 11 is 1.40. The zero-order chi connectivity index (χ0) is 16.8. The first kappa shape index (κ1) is 16.1. The molecule has 120 valence electrons. The third kappa shape index (κ3) is 3.94. The number of carbonyl (C=O) groups is 1. The van der Waals surface area contributed by atoms with Crippen LogP contribution in [0.1, 0.15) is 23.1 Å². The number of nitrogens with zero attached hydrogens (tertiary/aromatic N) is 2. The maximum atomic E-state index is 12.8. The van der Waals surface area contributed by atoms with Crippen LogP contribution in [0, 0.1) is 0 Å². The first-order chi connectivity index (χ1) is 11.8. The number of hydrogen-bond donors (Lipinski definition) is 1. The Balaban J connectivity index is 1.92. The third-order valence-electron chi connectivity index (χ3n) is 3.43. The molecule has 2 aromatic carbocycles. The lowest BCUT2D eigenvalue weighted by molar-refractivity contribution is -0.111. The highest BCUT2D eigenvalue weighted by molar-refractivity contribution is 7.15. The van der Waals surface area contributed by atoms with E-state index >= 15 is 0 Å². The van der Waals surface area contributed by atoms with Gasteiger partial charge in [0.2, 0.25) is 5.13 Å². The number of amides is 1. The normalized spacial score (nSPS) is 11.3. The summed E-state index contributed by atoms with van der Waals surface area (Å²) in [6.07, 6.45) is 2.69. The molecule has 0 aliphatic heterocycles. The Morgan fingerprint density at radius 1 is 1.04 bits per heavy atom. The van der Waals surface area contributed by atoms with Crippen LogP contribution in [0.2, 0.25) is 0 Å². The number of anilines is 1. The molecule has 1 amide bonds. The van der Waals surface area contributed by atoms with Crippen molar-refractivity contribution >= 4 is 34.0 Å². The largest absolute Gasteiger partial charge is 0.296 e. The molecule has 0 bridgehead atoms. The van der Waals surface area contributed by atoms with Gasteiger partial charge in [-0.3, -0.25) is 10.1 Å². The van der Waals surface area contributed by atoms with Crippen LogP contribution in [0.25, 0.3) is 11.6 Å². The predicted octanol–water partition coefficient (Wildman–Crippen LogP) is 4.28. The number of rotatable bonds is 5. The van der Waals surface area contributed by atoms with Crippen LogP contribution in [0.5, 0.6) is 0 Å². The van der Waals surface area contributed by atoms with Crippen LogP contribution < -0.4 is 5.32 Å².